The van der Waals surface area contributed by atoms with E-state index < -0.39 is 39.1 Å². The zero-order valence-corrected chi connectivity index (χ0v) is 32.8. The number of unbranched alkanes of at least 4 members (excludes halogenated alkanes) is 1. The number of piperidine rings is 1. The number of likely N-dealkylation sites (tertiary alicyclic amines) is 1. The number of benzene rings is 3. The summed E-state index contributed by atoms with van der Waals surface area (Å²) in [7, 11) is 1.78. The summed E-state index contributed by atoms with van der Waals surface area (Å²) in [6.45, 7) is 7.35. The van der Waals surface area contributed by atoms with Crippen LogP contribution in [0.5, 0.6) is 11.5 Å². The molecule has 2 aliphatic rings. The summed E-state index contributed by atoms with van der Waals surface area (Å²) in [6, 6.07) is 22.0. The number of nitrogens with zero attached hydrogens (tertiary/aromatic N) is 2. The highest BCUT2D eigenvalue weighted by Gasteiger charge is 2.43. The summed E-state index contributed by atoms with van der Waals surface area (Å²) in [5.74, 6) is 0.537. The molecule has 2 atom stereocenters. The predicted octanol–water partition coefficient (Wildman–Crippen LogP) is 6.11. The first-order chi connectivity index (χ1) is 25.2. The summed E-state index contributed by atoms with van der Waals surface area (Å²) in [6.07, 6.45) is 3.86. The maximum atomic E-state index is 14.3. The van der Waals surface area contributed by atoms with Gasteiger partial charge in [-0.1, -0.05) is 48.5 Å². The van der Waals surface area contributed by atoms with Crippen molar-refractivity contribution >= 4 is 22.0 Å². The van der Waals surface area contributed by atoms with Gasteiger partial charge in [-0.25, -0.2) is 17.9 Å². The van der Waals surface area contributed by atoms with Gasteiger partial charge in [-0.15, -0.1) is 0 Å². The fourth-order valence-corrected chi connectivity index (χ4v) is 8.58. The number of para-hydroxylation sites is 2. The van der Waals surface area contributed by atoms with E-state index in [1.807, 2.05) is 62.6 Å². The van der Waals surface area contributed by atoms with E-state index in [4.69, 9.17) is 14.2 Å². The third kappa shape index (κ3) is 10.4. The third-order valence-electron chi connectivity index (χ3n) is 9.89. The number of ether oxygens (including phenoxy) is 3. The minimum absolute atomic E-state index is 0.0715. The van der Waals surface area contributed by atoms with Crippen LogP contribution >= 0.6 is 0 Å². The van der Waals surface area contributed by atoms with Crippen LogP contribution in [0.4, 0.5) is 4.79 Å². The highest BCUT2D eigenvalue weighted by Crippen LogP contribution is 2.50. The third-order valence-corrected chi connectivity index (χ3v) is 11.4. The van der Waals surface area contributed by atoms with Crippen LogP contribution in [0.25, 0.3) is 0 Å². The SMILES string of the molecule is COCCCCC1(CNC(=O)C2CC(NS(=O)(=O)c3ccc(CCCN(C)C)cc3)CN(C(=O)OC(C)(C)C)C2)c2ccccc2Oc2ccccc21. The van der Waals surface area contributed by atoms with Crippen LogP contribution in [0.3, 0.4) is 0 Å². The highest BCUT2D eigenvalue weighted by molar-refractivity contribution is 7.89. The Hall–Kier alpha value is -3.97. The van der Waals surface area contributed by atoms with Gasteiger partial charge in [0.05, 0.1) is 10.8 Å². The Morgan fingerprint density at radius 1 is 0.925 bits per heavy atom. The average Bonchev–Trinajstić information content (AvgIpc) is 3.11. The Kier molecular flexibility index (Phi) is 13.2. The number of carbonyl (C=O) groups is 2. The van der Waals surface area contributed by atoms with Crippen molar-refractivity contribution in [3.05, 3.63) is 89.5 Å². The van der Waals surface area contributed by atoms with Crippen LogP contribution in [0.15, 0.2) is 77.7 Å². The number of methoxy groups -OCH3 is 1. The molecule has 1 fully saturated rings. The average molecular weight is 749 g/mol. The van der Waals surface area contributed by atoms with E-state index in [1.165, 1.54) is 4.90 Å². The summed E-state index contributed by atoms with van der Waals surface area (Å²) >= 11 is 0. The molecule has 3 aromatic carbocycles. The molecule has 0 bridgehead atoms. The van der Waals surface area contributed by atoms with Crippen molar-refractivity contribution < 1.29 is 32.2 Å². The smallest absolute Gasteiger partial charge is 0.410 e. The molecule has 2 N–H and O–H groups in total. The van der Waals surface area contributed by atoms with E-state index in [1.54, 1.807) is 40.0 Å². The van der Waals surface area contributed by atoms with Crippen molar-refractivity contribution in [3.8, 4) is 11.5 Å². The standard InChI is InChI=1S/C41H56N4O7S/c1-40(2,3)52-39(47)45-27-31(26-32(28-45)43-53(48,49)33-21-19-30(20-22-33)14-13-24-44(4)5)38(46)42-29-41(23-11-12-25-50-6)34-15-7-9-17-36(34)51-37-18-10-8-16-35(37)41/h7-10,15-22,31-32,43H,11-14,23-29H2,1-6H3,(H,42,46). The second kappa shape index (κ2) is 17.4. The molecule has 12 heteroatoms. The quantitative estimate of drug-likeness (QED) is 0.179. The fourth-order valence-electron chi connectivity index (χ4n) is 7.34. The van der Waals surface area contributed by atoms with Crippen molar-refractivity contribution in [1.82, 2.24) is 19.8 Å². The van der Waals surface area contributed by atoms with Gasteiger partial charge in [0.15, 0.2) is 0 Å². The topological polar surface area (TPSA) is 127 Å². The van der Waals surface area contributed by atoms with Crippen LogP contribution in [0.1, 0.15) is 69.6 Å². The van der Waals surface area contributed by atoms with Gasteiger partial charge in [0, 0.05) is 55.9 Å². The lowest BCUT2D eigenvalue weighted by molar-refractivity contribution is -0.127. The Balaban J connectivity index is 1.37. The van der Waals surface area contributed by atoms with E-state index in [9.17, 15) is 18.0 Å². The lowest BCUT2D eigenvalue weighted by atomic mass is 9.69. The highest BCUT2D eigenvalue weighted by atomic mass is 32.2. The van der Waals surface area contributed by atoms with Gasteiger partial charge in [-0.2, -0.15) is 0 Å². The van der Waals surface area contributed by atoms with E-state index >= 15 is 0 Å². The van der Waals surface area contributed by atoms with E-state index in [0.29, 0.717) is 6.61 Å². The Bertz CT molecular complexity index is 1760. The number of nitrogens with one attached hydrogen (secondary N) is 2. The van der Waals surface area contributed by atoms with Crippen molar-refractivity contribution in [1.29, 1.82) is 0 Å². The molecular weight excluding hydrogens is 693 g/mol. The number of fused-ring (bicyclic) bond motifs is 2. The predicted molar refractivity (Wildman–Crippen MR) is 206 cm³/mol. The normalized spacial score (nSPS) is 18.1. The molecule has 0 saturated carbocycles. The molecule has 288 valence electrons. The second-order valence-corrected chi connectivity index (χ2v) is 17.2. The molecule has 5 rings (SSSR count). The monoisotopic (exact) mass is 748 g/mol. The molecule has 0 spiro atoms. The van der Waals surface area contributed by atoms with E-state index in [0.717, 1.165) is 66.8 Å². The van der Waals surface area contributed by atoms with Gasteiger partial charge in [0.25, 0.3) is 0 Å². The van der Waals surface area contributed by atoms with Crippen molar-refractivity contribution in [2.75, 3.05) is 54.0 Å². The van der Waals surface area contributed by atoms with Crippen LogP contribution in [0.2, 0.25) is 0 Å². The van der Waals surface area contributed by atoms with Crippen molar-refractivity contribution in [2.45, 2.75) is 81.2 Å². The fraction of sp³-hybridized carbons (Fsp3) is 0.512. The molecule has 0 radical (unpaired) electrons. The first-order valence-electron chi connectivity index (χ1n) is 18.6. The van der Waals surface area contributed by atoms with E-state index in [2.05, 4.69) is 27.1 Å². The molecule has 2 heterocycles. The van der Waals surface area contributed by atoms with Gasteiger partial charge in [-0.3, -0.25) is 4.79 Å². The number of hydrogen-bond acceptors (Lipinski definition) is 8. The van der Waals surface area contributed by atoms with Crippen LogP contribution < -0.4 is 14.8 Å². The maximum absolute atomic E-state index is 14.3. The first kappa shape index (κ1) is 40.2. The molecular formula is C41H56N4O7S. The van der Waals surface area contributed by atoms with Gasteiger partial charge in [0.2, 0.25) is 15.9 Å². The molecule has 3 aromatic rings. The second-order valence-electron chi connectivity index (χ2n) is 15.5. The summed E-state index contributed by atoms with van der Waals surface area (Å²) in [5.41, 5.74) is 1.68. The van der Waals surface area contributed by atoms with Crippen LogP contribution in [-0.4, -0.2) is 95.9 Å². The number of amides is 2. The molecule has 0 aromatic heterocycles. The maximum Gasteiger partial charge on any atom is 0.410 e. The zero-order chi connectivity index (χ0) is 38.2. The van der Waals surface area contributed by atoms with Crippen LogP contribution in [-0.2, 0) is 36.1 Å². The molecule has 1 saturated heterocycles. The largest absolute Gasteiger partial charge is 0.457 e. The molecule has 2 unspecified atom stereocenters. The summed E-state index contributed by atoms with van der Waals surface area (Å²) in [5, 5.41) is 3.25. The van der Waals surface area contributed by atoms with E-state index in [-0.39, 0.29) is 36.9 Å². The number of hydrogen-bond donors (Lipinski definition) is 2. The molecule has 2 aliphatic heterocycles. The Morgan fingerprint density at radius 3 is 2.17 bits per heavy atom. The zero-order valence-electron chi connectivity index (χ0n) is 32.0. The van der Waals surface area contributed by atoms with Gasteiger partial charge in [-0.05, 0) is 110 Å². The number of carbonyl (C=O) groups excluding carboxylic acids is 2. The van der Waals surface area contributed by atoms with Gasteiger partial charge in [0.1, 0.15) is 17.1 Å². The number of rotatable bonds is 15. The van der Waals surface area contributed by atoms with Crippen LogP contribution in [0, 0.1) is 5.92 Å². The van der Waals surface area contributed by atoms with Crippen molar-refractivity contribution in [3.63, 3.8) is 0 Å². The number of aryl methyl sites for hydroxylation is 1. The minimum Gasteiger partial charge on any atom is -0.457 e. The molecule has 2 amide bonds. The number of sulfonamides is 1. The summed E-state index contributed by atoms with van der Waals surface area (Å²) < 4.78 is 47.5. The van der Waals surface area contributed by atoms with Gasteiger partial charge < -0.3 is 29.3 Å². The molecule has 0 aliphatic carbocycles. The molecule has 53 heavy (non-hydrogen) atoms. The Morgan fingerprint density at radius 2 is 1.57 bits per heavy atom. The Labute approximate surface area is 315 Å². The summed E-state index contributed by atoms with van der Waals surface area (Å²) in [4.78, 5) is 31.4. The lowest BCUT2D eigenvalue weighted by Crippen LogP contribution is -2.56. The minimum atomic E-state index is -3.96. The van der Waals surface area contributed by atoms with Gasteiger partial charge >= 0.3 is 6.09 Å². The first-order valence-corrected chi connectivity index (χ1v) is 20.1. The lowest BCUT2D eigenvalue weighted by Gasteiger charge is -2.42. The molecule has 11 nitrogen and oxygen atoms in total. The van der Waals surface area contributed by atoms with Crippen molar-refractivity contribution in [2.24, 2.45) is 5.92 Å².